The molecule has 0 atom stereocenters. The van der Waals surface area contributed by atoms with Gasteiger partial charge in [0.2, 0.25) is 0 Å². The molecule has 25 heavy (non-hydrogen) atoms. The molecule has 0 aliphatic heterocycles. The van der Waals surface area contributed by atoms with Gasteiger partial charge < -0.3 is 5.32 Å². The SMILES string of the molecule is O=C(Nc1ccccc1I)c1cn(-c2ccccc2C(F)(F)F)nn1. The van der Waals surface area contributed by atoms with Crippen LogP contribution in [0.25, 0.3) is 5.69 Å². The second kappa shape index (κ2) is 6.82. The van der Waals surface area contributed by atoms with Crippen LogP contribution in [0.3, 0.4) is 0 Å². The van der Waals surface area contributed by atoms with Crippen molar-refractivity contribution in [3.05, 3.63) is 69.6 Å². The molecule has 2 aromatic carbocycles. The van der Waals surface area contributed by atoms with E-state index in [4.69, 9.17) is 0 Å². The molecular weight excluding hydrogens is 448 g/mol. The van der Waals surface area contributed by atoms with Crippen LogP contribution >= 0.6 is 22.6 Å². The van der Waals surface area contributed by atoms with Crippen molar-refractivity contribution in [2.75, 3.05) is 5.32 Å². The average molecular weight is 458 g/mol. The van der Waals surface area contributed by atoms with Crippen LogP contribution in [0.4, 0.5) is 18.9 Å². The minimum absolute atomic E-state index is 0.0865. The Morgan fingerprint density at radius 2 is 1.76 bits per heavy atom. The lowest BCUT2D eigenvalue weighted by Gasteiger charge is -2.11. The van der Waals surface area contributed by atoms with Crippen molar-refractivity contribution >= 4 is 34.2 Å². The van der Waals surface area contributed by atoms with Crippen LogP contribution in [0.1, 0.15) is 16.1 Å². The second-order valence-electron chi connectivity index (χ2n) is 5.00. The molecule has 9 heteroatoms. The number of carbonyl (C=O) groups excluding carboxylic acids is 1. The van der Waals surface area contributed by atoms with Gasteiger partial charge in [0.25, 0.3) is 5.91 Å². The van der Waals surface area contributed by atoms with E-state index >= 15 is 0 Å². The molecule has 3 aromatic rings. The highest BCUT2D eigenvalue weighted by Gasteiger charge is 2.34. The zero-order valence-electron chi connectivity index (χ0n) is 12.5. The summed E-state index contributed by atoms with van der Waals surface area (Å²) < 4.78 is 41.0. The number of hydrogen-bond acceptors (Lipinski definition) is 3. The summed E-state index contributed by atoms with van der Waals surface area (Å²) in [5.41, 5.74) is -0.560. The number of hydrogen-bond donors (Lipinski definition) is 1. The van der Waals surface area contributed by atoms with Gasteiger partial charge in [0.1, 0.15) is 0 Å². The number of aromatic nitrogens is 3. The molecular formula is C16H10F3IN4O. The molecule has 0 fully saturated rings. The van der Waals surface area contributed by atoms with Crippen LogP contribution in [-0.4, -0.2) is 20.9 Å². The molecule has 5 nitrogen and oxygen atoms in total. The van der Waals surface area contributed by atoms with E-state index in [1.54, 1.807) is 12.1 Å². The van der Waals surface area contributed by atoms with Gasteiger partial charge in [-0.15, -0.1) is 5.10 Å². The Bertz CT molecular complexity index is 923. The van der Waals surface area contributed by atoms with E-state index in [-0.39, 0.29) is 11.4 Å². The predicted molar refractivity (Wildman–Crippen MR) is 93.5 cm³/mol. The highest BCUT2D eigenvalue weighted by molar-refractivity contribution is 14.1. The number of anilines is 1. The number of halogens is 4. The number of carbonyl (C=O) groups is 1. The van der Waals surface area contributed by atoms with Crippen LogP contribution in [0.5, 0.6) is 0 Å². The Hall–Kier alpha value is -2.43. The van der Waals surface area contributed by atoms with Crippen molar-refractivity contribution in [3.8, 4) is 5.69 Å². The number of nitrogens with zero attached hydrogens (tertiary/aromatic N) is 3. The summed E-state index contributed by atoms with van der Waals surface area (Å²) in [6.07, 6.45) is -3.37. The molecule has 1 N–H and O–H groups in total. The van der Waals surface area contributed by atoms with Gasteiger partial charge in [-0.1, -0.05) is 29.5 Å². The van der Waals surface area contributed by atoms with Crippen LogP contribution in [0, 0.1) is 3.57 Å². The summed E-state index contributed by atoms with van der Waals surface area (Å²) in [6, 6.07) is 12.1. The monoisotopic (exact) mass is 458 g/mol. The topological polar surface area (TPSA) is 59.8 Å². The van der Waals surface area contributed by atoms with E-state index in [2.05, 4.69) is 38.2 Å². The molecule has 1 aromatic heterocycles. The second-order valence-corrected chi connectivity index (χ2v) is 6.16. The van der Waals surface area contributed by atoms with Gasteiger partial charge in [-0.05, 0) is 46.9 Å². The molecule has 0 unspecified atom stereocenters. The number of rotatable bonds is 3. The van der Waals surface area contributed by atoms with Crippen LogP contribution in [0.15, 0.2) is 54.7 Å². The first-order valence-corrected chi connectivity index (χ1v) is 8.09. The molecule has 1 heterocycles. The lowest BCUT2D eigenvalue weighted by atomic mass is 10.1. The Morgan fingerprint density at radius 1 is 1.08 bits per heavy atom. The standard InChI is InChI=1S/C16H10F3IN4O/c17-16(18,19)10-5-1-4-8-14(10)24-9-13(22-23-24)15(25)21-12-7-3-2-6-11(12)20/h1-9H,(H,21,25). The maximum atomic E-state index is 13.1. The van der Waals surface area contributed by atoms with E-state index in [9.17, 15) is 18.0 Å². The highest BCUT2D eigenvalue weighted by Crippen LogP contribution is 2.33. The molecule has 0 aliphatic rings. The van der Waals surface area contributed by atoms with E-state index in [1.807, 2.05) is 12.1 Å². The molecule has 0 saturated heterocycles. The fourth-order valence-corrected chi connectivity index (χ4v) is 2.67. The smallest absolute Gasteiger partial charge is 0.320 e. The molecule has 128 valence electrons. The molecule has 0 spiro atoms. The third-order valence-corrected chi connectivity index (χ3v) is 4.25. The zero-order valence-corrected chi connectivity index (χ0v) is 14.6. The molecule has 0 bridgehead atoms. The number of nitrogens with one attached hydrogen (secondary N) is 1. The first-order valence-electron chi connectivity index (χ1n) is 7.01. The molecule has 1 amide bonds. The summed E-state index contributed by atoms with van der Waals surface area (Å²) in [5, 5.41) is 9.97. The molecule has 0 aliphatic carbocycles. The van der Waals surface area contributed by atoms with Gasteiger partial charge in [-0.25, -0.2) is 4.68 Å². The third kappa shape index (κ3) is 3.81. The molecule has 0 saturated carbocycles. The lowest BCUT2D eigenvalue weighted by Crippen LogP contribution is -2.13. The van der Waals surface area contributed by atoms with E-state index in [1.165, 1.54) is 18.2 Å². The summed E-state index contributed by atoms with van der Waals surface area (Å²) in [6.45, 7) is 0. The normalized spacial score (nSPS) is 11.4. The molecule has 0 radical (unpaired) electrons. The largest absolute Gasteiger partial charge is 0.418 e. The number of amides is 1. The first kappa shape index (κ1) is 17.4. The maximum Gasteiger partial charge on any atom is 0.418 e. The van der Waals surface area contributed by atoms with Crippen molar-refractivity contribution in [1.82, 2.24) is 15.0 Å². The van der Waals surface area contributed by atoms with Gasteiger partial charge in [0.15, 0.2) is 5.69 Å². The van der Waals surface area contributed by atoms with Crippen molar-refractivity contribution in [2.45, 2.75) is 6.18 Å². The van der Waals surface area contributed by atoms with Gasteiger partial charge in [0, 0.05) is 3.57 Å². The Kier molecular flexibility index (Phi) is 4.75. The van der Waals surface area contributed by atoms with Crippen LogP contribution < -0.4 is 5.32 Å². The van der Waals surface area contributed by atoms with E-state index < -0.39 is 17.6 Å². The van der Waals surface area contributed by atoms with Gasteiger partial charge in [-0.3, -0.25) is 4.79 Å². The fourth-order valence-electron chi connectivity index (χ4n) is 2.15. The zero-order chi connectivity index (χ0) is 18.0. The molecule has 3 rings (SSSR count). The minimum atomic E-state index is -4.54. The Morgan fingerprint density at radius 3 is 2.48 bits per heavy atom. The summed E-state index contributed by atoms with van der Waals surface area (Å²) in [7, 11) is 0. The van der Waals surface area contributed by atoms with Gasteiger partial charge >= 0.3 is 6.18 Å². The first-order chi connectivity index (χ1) is 11.9. The summed E-state index contributed by atoms with van der Waals surface area (Å²) in [4.78, 5) is 12.2. The summed E-state index contributed by atoms with van der Waals surface area (Å²) >= 11 is 2.06. The van der Waals surface area contributed by atoms with Crippen LogP contribution in [-0.2, 0) is 6.18 Å². The van der Waals surface area contributed by atoms with Crippen molar-refractivity contribution in [2.24, 2.45) is 0 Å². The quantitative estimate of drug-likeness (QED) is 0.601. The minimum Gasteiger partial charge on any atom is -0.320 e. The number of benzene rings is 2. The van der Waals surface area contributed by atoms with E-state index in [0.29, 0.717) is 5.69 Å². The highest BCUT2D eigenvalue weighted by atomic mass is 127. The predicted octanol–water partition coefficient (Wildman–Crippen LogP) is 4.14. The lowest BCUT2D eigenvalue weighted by molar-refractivity contribution is -0.137. The fraction of sp³-hybridized carbons (Fsp3) is 0.0625. The van der Waals surface area contributed by atoms with Crippen molar-refractivity contribution in [3.63, 3.8) is 0 Å². The summed E-state index contributed by atoms with van der Waals surface area (Å²) in [5.74, 6) is -0.556. The Labute approximate surface area is 154 Å². The van der Waals surface area contributed by atoms with Gasteiger partial charge in [-0.2, -0.15) is 13.2 Å². The Balaban J connectivity index is 1.89. The van der Waals surface area contributed by atoms with Gasteiger partial charge in [0.05, 0.1) is 23.1 Å². The number of alkyl halides is 3. The van der Waals surface area contributed by atoms with E-state index in [0.717, 1.165) is 20.5 Å². The average Bonchev–Trinajstić information content (AvgIpc) is 3.06. The van der Waals surface area contributed by atoms with Crippen molar-refractivity contribution in [1.29, 1.82) is 0 Å². The third-order valence-electron chi connectivity index (χ3n) is 3.30. The van der Waals surface area contributed by atoms with Crippen LogP contribution in [0.2, 0.25) is 0 Å². The van der Waals surface area contributed by atoms with Crippen molar-refractivity contribution < 1.29 is 18.0 Å². The number of para-hydroxylation sites is 2. The maximum absolute atomic E-state index is 13.1.